The molecular weight excluding hydrogens is 508 g/mol. The van der Waals surface area contributed by atoms with Crippen molar-refractivity contribution in [2.75, 3.05) is 20.2 Å². The van der Waals surface area contributed by atoms with Crippen molar-refractivity contribution in [1.82, 2.24) is 10.2 Å². The molecule has 0 radical (unpaired) electrons. The summed E-state index contributed by atoms with van der Waals surface area (Å²) in [5.41, 5.74) is 2.24. The van der Waals surface area contributed by atoms with Crippen LogP contribution in [0.25, 0.3) is 11.1 Å². The average molecular weight is 545 g/mol. The van der Waals surface area contributed by atoms with E-state index in [1.807, 2.05) is 84.9 Å². The van der Waals surface area contributed by atoms with Crippen LogP contribution in [0.15, 0.2) is 84.9 Å². The predicted molar refractivity (Wildman–Crippen MR) is 151 cm³/mol. The molecule has 1 N–H and O–H groups in total. The average Bonchev–Trinajstić information content (AvgIpc) is 3.36. The van der Waals surface area contributed by atoms with Gasteiger partial charge in [0, 0.05) is 6.42 Å². The number of hydrogen-bond donors (Lipinski definition) is 1. The van der Waals surface area contributed by atoms with Crippen molar-refractivity contribution in [2.45, 2.75) is 51.0 Å². The highest BCUT2D eigenvalue weighted by Gasteiger charge is 2.51. The van der Waals surface area contributed by atoms with Gasteiger partial charge in [-0.05, 0) is 43.0 Å². The second-order valence-corrected chi connectivity index (χ2v) is 10.8. The lowest BCUT2D eigenvalue weighted by atomic mass is 9.89. The Bertz CT molecular complexity index is 1300. The number of methoxy groups -OCH3 is 1. The Kier molecular flexibility index (Phi) is 8.90. The molecule has 0 bridgehead atoms. The Labute approximate surface area is 235 Å². The maximum Gasteiger partial charge on any atom is 0.408 e. The summed E-state index contributed by atoms with van der Waals surface area (Å²) in [4.78, 5) is 39.9. The number of amides is 2. The van der Waals surface area contributed by atoms with E-state index in [1.54, 1.807) is 20.8 Å². The van der Waals surface area contributed by atoms with Crippen LogP contribution in [-0.4, -0.2) is 54.7 Å². The first-order valence-corrected chi connectivity index (χ1v) is 13.3. The van der Waals surface area contributed by atoms with Crippen LogP contribution in [0, 0.1) is 0 Å². The predicted octanol–water partition coefficient (Wildman–Crippen LogP) is 5.06. The fourth-order valence-electron chi connectivity index (χ4n) is 4.83. The number of ether oxygens (including phenoxy) is 3. The molecule has 3 aromatic carbocycles. The highest BCUT2D eigenvalue weighted by Crippen LogP contribution is 2.41. The van der Waals surface area contributed by atoms with Gasteiger partial charge in [-0.15, -0.1) is 0 Å². The van der Waals surface area contributed by atoms with Crippen LogP contribution in [0.5, 0.6) is 0 Å². The first-order valence-electron chi connectivity index (χ1n) is 13.3. The monoisotopic (exact) mass is 544 g/mol. The van der Waals surface area contributed by atoms with Crippen molar-refractivity contribution in [3.05, 3.63) is 96.1 Å². The standard InChI is InChI=1S/C32H36N2O6/c1-31(2,3)40-30(37)33-20-28(35)34-22-32(19-27(34)29(36)38-4,39-21-23-11-7-5-8-12-23)26-17-15-25(16-18-26)24-13-9-6-10-14-24/h5-18,27H,19-22H2,1-4H3,(H,33,37)/t27?,32-/m0/s1. The third-order valence-electron chi connectivity index (χ3n) is 6.78. The molecule has 210 valence electrons. The van der Waals surface area contributed by atoms with Crippen LogP contribution in [0.4, 0.5) is 4.79 Å². The summed E-state index contributed by atoms with van der Waals surface area (Å²) in [6.07, 6.45) is -0.507. The topological polar surface area (TPSA) is 94.2 Å². The van der Waals surface area contributed by atoms with Crippen LogP contribution >= 0.6 is 0 Å². The zero-order chi connectivity index (χ0) is 28.8. The number of carbonyl (C=O) groups excluding carboxylic acids is 3. The van der Waals surface area contributed by atoms with Crippen LogP contribution in [0.3, 0.4) is 0 Å². The molecular formula is C32H36N2O6. The van der Waals surface area contributed by atoms with Gasteiger partial charge in [0.2, 0.25) is 5.91 Å². The van der Waals surface area contributed by atoms with Crippen molar-refractivity contribution in [1.29, 1.82) is 0 Å². The van der Waals surface area contributed by atoms with E-state index < -0.39 is 35.2 Å². The van der Waals surface area contributed by atoms with Gasteiger partial charge >= 0.3 is 12.1 Å². The molecule has 0 spiro atoms. The normalized spacial score (nSPS) is 18.7. The number of carbonyl (C=O) groups is 3. The number of nitrogens with zero attached hydrogens (tertiary/aromatic N) is 1. The lowest BCUT2D eigenvalue weighted by Gasteiger charge is -2.30. The van der Waals surface area contributed by atoms with Gasteiger partial charge in [0.15, 0.2) is 0 Å². The Morgan fingerprint density at radius 3 is 2.10 bits per heavy atom. The van der Waals surface area contributed by atoms with Crippen molar-refractivity contribution >= 4 is 18.0 Å². The number of esters is 1. The Hall–Kier alpha value is -4.17. The van der Waals surface area contributed by atoms with Gasteiger partial charge in [-0.2, -0.15) is 0 Å². The van der Waals surface area contributed by atoms with Crippen LogP contribution in [-0.2, 0) is 36.0 Å². The third kappa shape index (κ3) is 7.07. The summed E-state index contributed by atoms with van der Waals surface area (Å²) in [7, 11) is 1.30. The number of benzene rings is 3. The van der Waals surface area contributed by atoms with Gasteiger partial charge in [-0.3, -0.25) is 4.79 Å². The summed E-state index contributed by atoms with van der Waals surface area (Å²) in [5.74, 6) is -0.982. The fourth-order valence-corrected chi connectivity index (χ4v) is 4.83. The number of rotatable bonds is 8. The quantitative estimate of drug-likeness (QED) is 0.398. The summed E-state index contributed by atoms with van der Waals surface area (Å²) in [6.45, 7) is 5.29. The molecule has 8 nitrogen and oxygen atoms in total. The molecule has 1 aliphatic rings. The molecule has 0 aliphatic carbocycles. The number of alkyl carbamates (subject to hydrolysis) is 1. The largest absolute Gasteiger partial charge is 0.467 e. The lowest BCUT2D eigenvalue weighted by Crippen LogP contribution is -2.47. The maximum atomic E-state index is 13.4. The van der Waals surface area contributed by atoms with Gasteiger partial charge in [-0.25, -0.2) is 9.59 Å². The molecule has 0 aromatic heterocycles. The van der Waals surface area contributed by atoms with Gasteiger partial charge in [-0.1, -0.05) is 84.9 Å². The Balaban J connectivity index is 1.63. The number of hydrogen-bond acceptors (Lipinski definition) is 6. The lowest BCUT2D eigenvalue weighted by molar-refractivity contribution is -0.150. The summed E-state index contributed by atoms with van der Waals surface area (Å²) in [6, 6.07) is 26.9. The first-order chi connectivity index (χ1) is 19.1. The molecule has 40 heavy (non-hydrogen) atoms. The van der Waals surface area contributed by atoms with Gasteiger partial charge < -0.3 is 24.4 Å². The van der Waals surface area contributed by atoms with E-state index in [4.69, 9.17) is 14.2 Å². The molecule has 4 rings (SSSR count). The zero-order valence-electron chi connectivity index (χ0n) is 23.4. The van der Waals surface area contributed by atoms with E-state index in [9.17, 15) is 14.4 Å². The van der Waals surface area contributed by atoms with Gasteiger partial charge in [0.25, 0.3) is 0 Å². The molecule has 1 saturated heterocycles. The van der Waals surface area contributed by atoms with Crippen molar-refractivity contribution < 1.29 is 28.6 Å². The minimum absolute atomic E-state index is 0.110. The summed E-state index contributed by atoms with van der Waals surface area (Å²) >= 11 is 0. The fraction of sp³-hybridized carbons (Fsp3) is 0.344. The highest BCUT2D eigenvalue weighted by molar-refractivity contribution is 5.88. The second kappa shape index (κ2) is 12.3. The van der Waals surface area contributed by atoms with Crippen LogP contribution in [0.2, 0.25) is 0 Å². The minimum atomic E-state index is -0.981. The minimum Gasteiger partial charge on any atom is -0.467 e. The molecule has 2 atom stereocenters. The second-order valence-electron chi connectivity index (χ2n) is 10.8. The third-order valence-corrected chi connectivity index (χ3v) is 6.78. The van der Waals surface area contributed by atoms with E-state index in [-0.39, 0.29) is 26.1 Å². The molecule has 1 fully saturated rings. The number of nitrogens with one attached hydrogen (secondary N) is 1. The van der Waals surface area contributed by atoms with Crippen molar-refractivity contribution in [2.24, 2.45) is 0 Å². The molecule has 1 unspecified atom stereocenters. The highest BCUT2D eigenvalue weighted by atomic mass is 16.6. The SMILES string of the molecule is COC(=O)C1C[C@@](OCc2ccccc2)(c2ccc(-c3ccccc3)cc2)CN1C(=O)CNC(=O)OC(C)(C)C. The molecule has 0 saturated carbocycles. The molecule has 8 heteroatoms. The van der Waals surface area contributed by atoms with Crippen LogP contribution < -0.4 is 5.32 Å². The first kappa shape index (κ1) is 28.8. The van der Waals surface area contributed by atoms with E-state index >= 15 is 0 Å². The summed E-state index contributed by atoms with van der Waals surface area (Å²) < 4.78 is 16.9. The molecule has 1 aliphatic heterocycles. The van der Waals surface area contributed by atoms with E-state index in [0.29, 0.717) is 0 Å². The van der Waals surface area contributed by atoms with Gasteiger partial charge in [0.05, 0.1) is 20.3 Å². The van der Waals surface area contributed by atoms with E-state index in [2.05, 4.69) is 5.32 Å². The van der Waals surface area contributed by atoms with Crippen molar-refractivity contribution in [3.8, 4) is 11.1 Å². The Morgan fingerprint density at radius 2 is 1.50 bits per heavy atom. The van der Waals surface area contributed by atoms with Crippen LogP contribution in [0.1, 0.15) is 38.3 Å². The summed E-state index contributed by atoms with van der Waals surface area (Å²) in [5, 5.41) is 2.50. The van der Waals surface area contributed by atoms with Gasteiger partial charge in [0.1, 0.15) is 23.8 Å². The maximum absolute atomic E-state index is 13.4. The van der Waals surface area contributed by atoms with E-state index in [0.717, 1.165) is 22.3 Å². The zero-order valence-corrected chi connectivity index (χ0v) is 23.4. The smallest absolute Gasteiger partial charge is 0.408 e. The van der Waals surface area contributed by atoms with E-state index in [1.165, 1.54) is 12.0 Å². The van der Waals surface area contributed by atoms with Crippen molar-refractivity contribution in [3.63, 3.8) is 0 Å². The molecule has 3 aromatic rings. The number of likely N-dealkylation sites (tertiary alicyclic amines) is 1. The Morgan fingerprint density at radius 1 is 0.900 bits per heavy atom. The molecule has 2 amide bonds. The molecule has 1 heterocycles.